The molecule has 1 aromatic rings. The molecule has 0 saturated heterocycles. The van der Waals surface area contributed by atoms with Crippen LogP contribution in [0.5, 0.6) is 0 Å². The van der Waals surface area contributed by atoms with Crippen LogP contribution in [0.4, 0.5) is 5.82 Å². The molecule has 2 rings (SSSR count). The first kappa shape index (κ1) is 19.4. The van der Waals surface area contributed by atoms with Crippen molar-refractivity contribution in [3.63, 3.8) is 0 Å². The van der Waals surface area contributed by atoms with Crippen molar-refractivity contribution >= 4 is 11.7 Å². The van der Waals surface area contributed by atoms with E-state index in [1.165, 1.54) is 31.3 Å². The zero-order chi connectivity index (χ0) is 18.1. The monoisotopic (exact) mass is 344 g/mol. The Morgan fingerprint density at radius 3 is 2.60 bits per heavy atom. The second-order valence-corrected chi connectivity index (χ2v) is 6.76. The third-order valence-electron chi connectivity index (χ3n) is 4.48. The number of hydrogen-bond acceptors (Lipinski definition) is 4. The summed E-state index contributed by atoms with van der Waals surface area (Å²) >= 11 is 0. The van der Waals surface area contributed by atoms with Crippen molar-refractivity contribution in [2.24, 2.45) is 0 Å². The molecule has 0 radical (unpaired) electrons. The second-order valence-electron chi connectivity index (χ2n) is 6.76. The lowest BCUT2D eigenvalue weighted by Crippen LogP contribution is -2.29. The summed E-state index contributed by atoms with van der Waals surface area (Å²) in [6.45, 7) is 8.73. The summed E-state index contributed by atoms with van der Waals surface area (Å²) in [5.74, 6) is 1.40. The molecule has 5 nitrogen and oxygen atoms in total. The molecular weight excluding hydrogens is 312 g/mol. The highest BCUT2D eigenvalue weighted by Crippen LogP contribution is 2.19. The average Bonchev–Trinajstić information content (AvgIpc) is 2.62. The van der Waals surface area contributed by atoms with Gasteiger partial charge in [-0.2, -0.15) is 0 Å². The number of nitrogens with zero attached hydrogens (tertiary/aromatic N) is 3. The van der Waals surface area contributed by atoms with Gasteiger partial charge in [0.05, 0.1) is 0 Å². The van der Waals surface area contributed by atoms with Gasteiger partial charge in [0, 0.05) is 25.7 Å². The smallest absolute Gasteiger partial charge is 0.270 e. The maximum absolute atomic E-state index is 12.5. The molecule has 0 aromatic carbocycles. The zero-order valence-corrected chi connectivity index (χ0v) is 16.0. The maximum Gasteiger partial charge on any atom is 0.270 e. The summed E-state index contributed by atoms with van der Waals surface area (Å²) < 4.78 is 0. The van der Waals surface area contributed by atoms with Crippen LogP contribution >= 0.6 is 0 Å². The largest absolute Gasteiger partial charge is 0.357 e. The maximum atomic E-state index is 12.5. The Hall–Kier alpha value is -1.91. The Balaban J connectivity index is 1.99. The quantitative estimate of drug-likeness (QED) is 0.687. The minimum Gasteiger partial charge on any atom is -0.357 e. The number of amides is 1. The number of allylic oxidation sites excluding steroid dienone is 1. The van der Waals surface area contributed by atoms with Crippen molar-refractivity contribution in [3.05, 3.63) is 29.2 Å². The van der Waals surface area contributed by atoms with Gasteiger partial charge in [-0.1, -0.05) is 25.5 Å². The van der Waals surface area contributed by atoms with Crippen molar-refractivity contribution in [2.75, 3.05) is 24.5 Å². The van der Waals surface area contributed by atoms with Crippen molar-refractivity contribution in [3.8, 4) is 0 Å². The van der Waals surface area contributed by atoms with E-state index < -0.39 is 0 Å². The molecule has 0 aliphatic heterocycles. The van der Waals surface area contributed by atoms with E-state index in [1.807, 2.05) is 13.0 Å². The van der Waals surface area contributed by atoms with Crippen molar-refractivity contribution in [1.82, 2.24) is 15.3 Å². The summed E-state index contributed by atoms with van der Waals surface area (Å²) in [7, 11) is 0. The van der Waals surface area contributed by atoms with E-state index in [1.54, 1.807) is 0 Å². The number of hydrogen-bond donors (Lipinski definition) is 1. The molecule has 1 amide bonds. The number of nitrogens with one attached hydrogen (secondary N) is 1. The molecule has 0 bridgehead atoms. The molecular formula is C20H32N4O. The molecule has 25 heavy (non-hydrogen) atoms. The number of carbonyl (C=O) groups excluding carboxylic acids is 1. The molecule has 0 unspecified atom stereocenters. The van der Waals surface area contributed by atoms with Crippen LogP contribution in [-0.4, -0.2) is 35.5 Å². The molecule has 0 atom stereocenters. The molecule has 1 aromatic heterocycles. The summed E-state index contributed by atoms with van der Waals surface area (Å²) in [4.78, 5) is 23.6. The SMILES string of the molecule is CCCN(CCC)c1cc(C(=O)NCCC2=CCCCC2)nc(C)n1. The molecule has 1 heterocycles. The van der Waals surface area contributed by atoms with Crippen LogP contribution in [0.1, 0.15) is 75.1 Å². The third-order valence-corrected chi connectivity index (χ3v) is 4.48. The zero-order valence-electron chi connectivity index (χ0n) is 16.0. The molecule has 5 heteroatoms. The van der Waals surface area contributed by atoms with Crippen molar-refractivity contribution in [2.45, 2.75) is 65.7 Å². The lowest BCUT2D eigenvalue weighted by atomic mass is 9.97. The average molecular weight is 345 g/mol. The minimum absolute atomic E-state index is 0.101. The normalized spacial score (nSPS) is 14.1. The fraction of sp³-hybridized carbons (Fsp3) is 0.650. The molecule has 0 spiro atoms. The lowest BCUT2D eigenvalue weighted by molar-refractivity contribution is 0.0948. The van der Waals surface area contributed by atoms with Gasteiger partial charge in [-0.25, -0.2) is 9.97 Å². The van der Waals surface area contributed by atoms with E-state index in [9.17, 15) is 4.79 Å². The first-order valence-electron chi connectivity index (χ1n) is 9.70. The summed E-state index contributed by atoms with van der Waals surface area (Å²) in [5.41, 5.74) is 1.94. The lowest BCUT2D eigenvalue weighted by Gasteiger charge is -2.23. The van der Waals surface area contributed by atoms with Gasteiger partial charge in [0.1, 0.15) is 17.3 Å². The van der Waals surface area contributed by atoms with Crippen LogP contribution in [-0.2, 0) is 0 Å². The molecule has 0 fully saturated rings. The van der Waals surface area contributed by atoms with Gasteiger partial charge in [-0.3, -0.25) is 4.79 Å². The van der Waals surface area contributed by atoms with Crippen LogP contribution in [0.15, 0.2) is 17.7 Å². The summed E-state index contributed by atoms with van der Waals surface area (Å²) in [5, 5.41) is 3.02. The third kappa shape index (κ3) is 6.15. The minimum atomic E-state index is -0.101. The second kappa shape index (κ2) is 10.2. The van der Waals surface area contributed by atoms with Crippen LogP contribution in [0, 0.1) is 6.92 Å². The molecule has 138 valence electrons. The van der Waals surface area contributed by atoms with E-state index in [-0.39, 0.29) is 5.91 Å². The first-order chi connectivity index (χ1) is 12.1. The van der Waals surface area contributed by atoms with Crippen LogP contribution in [0.2, 0.25) is 0 Å². The number of carbonyl (C=O) groups is 1. The highest BCUT2D eigenvalue weighted by Gasteiger charge is 2.14. The predicted octanol–water partition coefficient (Wildman–Crippen LogP) is 4.03. The highest BCUT2D eigenvalue weighted by molar-refractivity contribution is 5.92. The van der Waals surface area contributed by atoms with Gasteiger partial charge in [-0.05, 0) is 51.9 Å². The van der Waals surface area contributed by atoms with Gasteiger partial charge in [-0.15, -0.1) is 0 Å². The van der Waals surface area contributed by atoms with Gasteiger partial charge in [0.2, 0.25) is 0 Å². The van der Waals surface area contributed by atoms with Crippen LogP contribution < -0.4 is 10.2 Å². The summed E-state index contributed by atoms with van der Waals surface area (Å²) in [6, 6.07) is 1.83. The van der Waals surface area contributed by atoms with Gasteiger partial charge in [0.25, 0.3) is 5.91 Å². The molecule has 1 aliphatic carbocycles. The highest BCUT2D eigenvalue weighted by atomic mass is 16.1. The topological polar surface area (TPSA) is 58.1 Å². The van der Waals surface area contributed by atoms with Crippen LogP contribution in [0.3, 0.4) is 0 Å². The standard InChI is InChI=1S/C20H32N4O/c1-4-13-24(14-5-2)19-15-18(22-16(3)23-19)20(25)21-12-11-17-9-7-6-8-10-17/h9,15H,4-8,10-14H2,1-3H3,(H,21,25). The Labute approximate surface area is 151 Å². The molecule has 1 N–H and O–H groups in total. The summed E-state index contributed by atoms with van der Waals surface area (Å²) in [6.07, 6.45) is 10.3. The van der Waals surface area contributed by atoms with Crippen LogP contribution in [0.25, 0.3) is 0 Å². The fourth-order valence-electron chi connectivity index (χ4n) is 3.27. The first-order valence-corrected chi connectivity index (χ1v) is 9.70. The van der Waals surface area contributed by atoms with Crippen molar-refractivity contribution in [1.29, 1.82) is 0 Å². The molecule has 0 saturated carbocycles. The Morgan fingerprint density at radius 1 is 1.20 bits per heavy atom. The van der Waals surface area contributed by atoms with E-state index in [2.05, 4.69) is 40.1 Å². The van der Waals surface area contributed by atoms with Gasteiger partial charge >= 0.3 is 0 Å². The number of rotatable bonds is 9. The van der Waals surface area contributed by atoms with Crippen molar-refractivity contribution < 1.29 is 4.79 Å². The number of aromatic nitrogens is 2. The van der Waals surface area contributed by atoms with Gasteiger partial charge < -0.3 is 10.2 Å². The van der Waals surface area contributed by atoms with E-state index in [0.29, 0.717) is 18.1 Å². The predicted molar refractivity (Wildman–Crippen MR) is 103 cm³/mol. The molecule has 1 aliphatic rings. The Bertz CT molecular complexity index is 591. The fourth-order valence-corrected chi connectivity index (χ4v) is 3.27. The van der Waals surface area contributed by atoms with E-state index >= 15 is 0 Å². The number of anilines is 1. The van der Waals surface area contributed by atoms with Gasteiger partial charge in [0.15, 0.2) is 0 Å². The Kier molecular flexibility index (Phi) is 7.89. The Morgan fingerprint density at radius 2 is 1.96 bits per heavy atom. The van der Waals surface area contributed by atoms with E-state index in [0.717, 1.165) is 38.2 Å². The number of aryl methyl sites for hydroxylation is 1. The van der Waals surface area contributed by atoms with E-state index in [4.69, 9.17) is 0 Å².